The van der Waals surface area contributed by atoms with E-state index in [1.165, 1.54) is 0 Å². The highest BCUT2D eigenvalue weighted by Crippen LogP contribution is 2.11. The van der Waals surface area contributed by atoms with E-state index in [0.29, 0.717) is 32.0 Å². The number of nitrogens with one attached hydrogen (secondary N) is 1. The molecule has 0 aromatic rings. The van der Waals surface area contributed by atoms with Crippen LogP contribution in [0.4, 0.5) is 0 Å². The number of nitrogens with two attached hydrogens (primary N) is 1. The first kappa shape index (κ1) is 18.9. The Hall–Kier alpha value is -1.10. The Labute approximate surface area is 123 Å². The van der Waals surface area contributed by atoms with Crippen LogP contribution in [0.3, 0.4) is 0 Å². The molecule has 0 saturated heterocycles. The fourth-order valence-electron chi connectivity index (χ4n) is 2.01. The van der Waals surface area contributed by atoms with Gasteiger partial charge in [-0.05, 0) is 38.1 Å². The van der Waals surface area contributed by atoms with Gasteiger partial charge in [-0.25, -0.2) is 0 Å². The molecule has 0 rings (SSSR count). The van der Waals surface area contributed by atoms with Gasteiger partial charge in [0.25, 0.3) is 0 Å². The third-order valence-electron chi connectivity index (χ3n) is 3.26. The van der Waals surface area contributed by atoms with E-state index in [2.05, 4.69) is 12.2 Å². The van der Waals surface area contributed by atoms with E-state index in [1.54, 1.807) is 4.90 Å². The molecule has 5 heteroatoms. The molecular weight excluding hydrogens is 254 g/mol. The van der Waals surface area contributed by atoms with Crippen molar-refractivity contribution >= 4 is 11.8 Å². The zero-order chi connectivity index (χ0) is 15.4. The van der Waals surface area contributed by atoms with Crippen molar-refractivity contribution in [3.8, 4) is 0 Å². The topological polar surface area (TPSA) is 75.4 Å². The van der Waals surface area contributed by atoms with Crippen molar-refractivity contribution < 1.29 is 9.59 Å². The molecule has 0 fully saturated rings. The fraction of sp³-hybridized carbons (Fsp3) is 0.867. The van der Waals surface area contributed by atoms with Gasteiger partial charge >= 0.3 is 0 Å². The Balaban J connectivity index is 4.21. The molecule has 20 heavy (non-hydrogen) atoms. The molecule has 0 aromatic carbocycles. The van der Waals surface area contributed by atoms with Crippen molar-refractivity contribution in [1.29, 1.82) is 0 Å². The first-order valence-corrected chi connectivity index (χ1v) is 7.79. The minimum Gasteiger partial charge on any atom is -0.355 e. The molecule has 3 N–H and O–H groups in total. The van der Waals surface area contributed by atoms with Crippen LogP contribution in [0.25, 0.3) is 0 Å². The van der Waals surface area contributed by atoms with E-state index in [4.69, 9.17) is 5.73 Å². The molecule has 0 bridgehead atoms. The molecule has 0 aliphatic heterocycles. The van der Waals surface area contributed by atoms with Crippen LogP contribution < -0.4 is 11.1 Å². The Morgan fingerprint density at radius 1 is 1.20 bits per heavy atom. The lowest BCUT2D eigenvalue weighted by Crippen LogP contribution is -2.41. The number of hydrogen-bond donors (Lipinski definition) is 2. The highest BCUT2D eigenvalue weighted by Gasteiger charge is 2.16. The van der Waals surface area contributed by atoms with Crippen molar-refractivity contribution in [2.45, 2.75) is 52.9 Å². The van der Waals surface area contributed by atoms with Crippen molar-refractivity contribution in [2.24, 2.45) is 11.7 Å². The van der Waals surface area contributed by atoms with Gasteiger partial charge in [0.1, 0.15) is 0 Å². The van der Waals surface area contributed by atoms with Crippen molar-refractivity contribution in [2.75, 3.05) is 26.2 Å². The average molecular weight is 285 g/mol. The Bertz CT molecular complexity index is 282. The highest BCUT2D eigenvalue weighted by molar-refractivity contribution is 5.84. The van der Waals surface area contributed by atoms with Crippen LogP contribution in [-0.2, 0) is 9.59 Å². The Kier molecular flexibility index (Phi) is 11.1. The Morgan fingerprint density at radius 2 is 1.90 bits per heavy atom. The quantitative estimate of drug-likeness (QED) is 0.604. The normalized spacial score (nSPS) is 12.0. The van der Waals surface area contributed by atoms with Crippen LogP contribution >= 0.6 is 0 Å². The Morgan fingerprint density at radius 3 is 2.45 bits per heavy atom. The van der Waals surface area contributed by atoms with Crippen LogP contribution in [0.1, 0.15) is 52.9 Å². The number of carbonyl (C=O) groups is 2. The van der Waals surface area contributed by atoms with E-state index in [0.717, 1.165) is 25.7 Å². The van der Waals surface area contributed by atoms with E-state index < -0.39 is 0 Å². The van der Waals surface area contributed by atoms with Crippen LogP contribution in [0, 0.1) is 5.92 Å². The van der Waals surface area contributed by atoms with Gasteiger partial charge in [-0.1, -0.05) is 20.8 Å². The van der Waals surface area contributed by atoms with Crippen LogP contribution in [0.15, 0.2) is 0 Å². The van der Waals surface area contributed by atoms with Crippen LogP contribution in [-0.4, -0.2) is 42.9 Å². The fourth-order valence-corrected chi connectivity index (χ4v) is 2.01. The number of amides is 2. The van der Waals surface area contributed by atoms with Gasteiger partial charge < -0.3 is 16.0 Å². The molecular formula is C15H31N3O2. The lowest BCUT2D eigenvalue weighted by Gasteiger charge is -2.22. The van der Waals surface area contributed by atoms with E-state index >= 15 is 0 Å². The summed E-state index contributed by atoms with van der Waals surface area (Å²) in [4.78, 5) is 25.5. The summed E-state index contributed by atoms with van der Waals surface area (Å²) in [5.41, 5.74) is 5.51. The second-order valence-corrected chi connectivity index (χ2v) is 5.39. The lowest BCUT2D eigenvalue weighted by molar-refractivity contribution is -0.136. The molecule has 118 valence electrons. The van der Waals surface area contributed by atoms with E-state index in [1.807, 2.05) is 13.8 Å². The maximum atomic E-state index is 12.2. The molecule has 1 unspecified atom stereocenters. The maximum absolute atomic E-state index is 12.2. The predicted molar refractivity (Wildman–Crippen MR) is 82.2 cm³/mol. The maximum Gasteiger partial charge on any atom is 0.239 e. The molecule has 0 aliphatic carbocycles. The third kappa shape index (κ3) is 8.91. The number of rotatable bonds is 11. The molecule has 0 radical (unpaired) electrons. The van der Waals surface area contributed by atoms with Crippen molar-refractivity contribution in [3.05, 3.63) is 0 Å². The molecule has 0 heterocycles. The second-order valence-electron chi connectivity index (χ2n) is 5.39. The third-order valence-corrected chi connectivity index (χ3v) is 3.26. The average Bonchev–Trinajstić information content (AvgIpc) is 2.42. The van der Waals surface area contributed by atoms with Gasteiger partial charge in [-0.3, -0.25) is 9.59 Å². The summed E-state index contributed by atoms with van der Waals surface area (Å²) in [6.07, 6.45) is 4.06. The lowest BCUT2D eigenvalue weighted by atomic mass is 10.0. The van der Waals surface area contributed by atoms with Gasteiger partial charge in [0.2, 0.25) is 11.8 Å². The zero-order valence-corrected chi connectivity index (χ0v) is 13.3. The predicted octanol–water partition coefficient (Wildman–Crippen LogP) is 1.52. The molecule has 0 aromatic heterocycles. The SMILES string of the molecule is CCCNC(=O)CN(CCC)C(=O)CCC(C)CCN. The molecule has 0 aliphatic rings. The summed E-state index contributed by atoms with van der Waals surface area (Å²) < 4.78 is 0. The van der Waals surface area contributed by atoms with E-state index in [9.17, 15) is 9.59 Å². The summed E-state index contributed by atoms with van der Waals surface area (Å²) >= 11 is 0. The molecule has 0 saturated carbocycles. The molecule has 2 amide bonds. The largest absolute Gasteiger partial charge is 0.355 e. The summed E-state index contributed by atoms with van der Waals surface area (Å²) in [6, 6.07) is 0. The number of hydrogen-bond acceptors (Lipinski definition) is 3. The summed E-state index contributed by atoms with van der Waals surface area (Å²) in [5, 5.41) is 2.81. The highest BCUT2D eigenvalue weighted by atomic mass is 16.2. The van der Waals surface area contributed by atoms with Crippen molar-refractivity contribution in [3.63, 3.8) is 0 Å². The second kappa shape index (κ2) is 11.7. The minimum atomic E-state index is -0.0661. The van der Waals surface area contributed by atoms with Gasteiger partial charge in [0.05, 0.1) is 6.54 Å². The molecule has 5 nitrogen and oxygen atoms in total. The van der Waals surface area contributed by atoms with Gasteiger partial charge in [0.15, 0.2) is 0 Å². The zero-order valence-electron chi connectivity index (χ0n) is 13.3. The minimum absolute atomic E-state index is 0.0661. The van der Waals surface area contributed by atoms with Crippen molar-refractivity contribution in [1.82, 2.24) is 10.2 Å². The van der Waals surface area contributed by atoms with Crippen LogP contribution in [0.5, 0.6) is 0 Å². The molecule has 0 spiro atoms. The summed E-state index contributed by atoms with van der Waals surface area (Å²) in [5.74, 6) is 0.465. The van der Waals surface area contributed by atoms with Gasteiger partial charge in [0, 0.05) is 19.5 Å². The first-order valence-electron chi connectivity index (χ1n) is 7.79. The monoisotopic (exact) mass is 285 g/mol. The smallest absolute Gasteiger partial charge is 0.239 e. The number of nitrogens with zero attached hydrogens (tertiary/aromatic N) is 1. The molecule has 1 atom stereocenters. The summed E-state index contributed by atoms with van der Waals surface area (Å²) in [6.45, 7) is 8.28. The van der Waals surface area contributed by atoms with Gasteiger partial charge in [-0.15, -0.1) is 0 Å². The summed E-state index contributed by atoms with van der Waals surface area (Å²) in [7, 11) is 0. The van der Waals surface area contributed by atoms with Gasteiger partial charge in [-0.2, -0.15) is 0 Å². The first-order chi connectivity index (χ1) is 9.54. The van der Waals surface area contributed by atoms with Crippen LogP contribution in [0.2, 0.25) is 0 Å². The standard InChI is InChI=1S/C15H31N3O2/c1-4-10-17-14(19)12-18(11-5-2)15(20)7-6-13(3)8-9-16/h13H,4-12,16H2,1-3H3,(H,17,19). The number of carbonyl (C=O) groups excluding carboxylic acids is 2. The van der Waals surface area contributed by atoms with E-state index in [-0.39, 0.29) is 18.4 Å².